The summed E-state index contributed by atoms with van der Waals surface area (Å²) in [7, 11) is 0. The van der Waals surface area contributed by atoms with E-state index in [1.165, 1.54) is 6.26 Å². The molecule has 1 heterocycles. The second-order valence-corrected chi connectivity index (χ2v) is 4.08. The standard InChI is InChI=1S/C12H20N2O3/c1-5-8(3)9(4)13-12-14-10(7-17-12)11(15)16-6-2/h7-9H,5-6H2,1-4H3,(H,13,14). The van der Waals surface area contributed by atoms with Gasteiger partial charge in [0, 0.05) is 6.04 Å². The Morgan fingerprint density at radius 2 is 2.24 bits per heavy atom. The van der Waals surface area contributed by atoms with Crippen LogP contribution in [0.1, 0.15) is 44.6 Å². The lowest BCUT2D eigenvalue weighted by Gasteiger charge is -2.18. The maximum Gasteiger partial charge on any atom is 0.360 e. The van der Waals surface area contributed by atoms with E-state index in [2.05, 4.69) is 31.1 Å². The van der Waals surface area contributed by atoms with Crippen LogP contribution in [0.4, 0.5) is 6.01 Å². The summed E-state index contributed by atoms with van der Waals surface area (Å²) in [6.45, 7) is 8.41. The lowest BCUT2D eigenvalue weighted by molar-refractivity contribution is 0.0519. The molecule has 0 saturated heterocycles. The van der Waals surface area contributed by atoms with E-state index in [4.69, 9.17) is 9.15 Å². The first-order valence-corrected chi connectivity index (χ1v) is 5.97. The minimum atomic E-state index is -0.458. The highest BCUT2D eigenvalue weighted by molar-refractivity contribution is 5.87. The summed E-state index contributed by atoms with van der Waals surface area (Å²) in [5, 5.41) is 3.12. The van der Waals surface area contributed by atoms with Crippen LogP contribution in [0.25, 0.3) is 0 Å². The van der Waals surface area contributed by atoms with Gasteiger partial charge in [-0.15, -0.1) is 0 Å². The highest BCUT2D eigenvalue weighted by Gasteiger charge is 2.16. The smallest absolute Gasteiger partial charge is 0.360 e. The van der Waals surface area contributed by atoms with Crippen LogP contribution in [0.2, 0.25) is 0 Å². The number of anilines is 1. The number of oxazole rings is 1. The molecular formula is C12H20N2O3. The minimum Gasteiger partial charge on any atom is -0.461 e. The SMILES string of the molecule is CCOC(=O)c1coc(NC(C)C(C)CC)n1. The van der Waals surface area contributed by atoms with Crippen LogP contribution in [-0.2, 0) is 4.74 Å². The zero-order chi connectivity index (χ0) is 12.8. The molecule has 0 amide bonds. The van der Waals surface area contributed by atoms with Crippen LogP contribution < -0.4 is 5.32 Å². The molecule has 0 aromatic carbocycles. The third kappa shape index (κ3) is 3.76. The molecule has 1 N–H and O–H groups in total. The summed E-state index contributed by atoms with van der Waals surface area (Å²) in [5.74, 6) is 0.0495. The van der Waals surface area contributed by atoms with Gasteiger partial charge < -0.3 is 14.5 Å². The highest BCUT2D eigenvalue weighted by Crippen LogP contribution is 2.15. The molecule has 1 aromatic rings. The van der Waals surface area contributed by atoms with Crippen molar-refractivity contribution in [2.75, 3.05) is 11.9 Å². The summed E-state index contributed by atoms with van der Waals surface area (Å²) >= 11 is 0. The number of nitrogens with zero attached hydrogens (tertiary/aromatic N) is 1. The second kappa shape index (κ2) is 6.27. The summed E-state index contributed by atoms with van der Waals surface area (Å²) in [6, 6.07) is 0.606. The molecule has 1 rings (SSSR count). The van der Waals surface area contributed by atoms with Crippen molar-refractivity contribution in [2.45, 2.75) is 40.2 Å². The minimum absolute atomic E-state index is 0.200. The number of rotatable bonds is 6. The predicted octanol–water partition coefficient (Wildman–Crippen LogP) is 2.70. The molecule has 1 aromatic heterocycles. The number of aromatic nitrogens is 1. The molecule has 5 heteroatoms. The van der Waals surface area contributed by atoms with Crippen molar-refractivity contribution in [3.8, 4) is 0 Å². The molecule has 17 heavy (non-hydrogen) atoms. The molecule has 0 saturated carbocycles. The lowest BCUT2D eigenvalue weighted by atomic mass is 10.0. The average Bonchev–Trinajstić information content (AvgIpc) is 2.76. The first-order valence-electron chi connectivity index (χ1n) is 5.97. The van der Waals surface area contributed by atoms with Crippen molar-refractivity contribution in [1.29, 1.82) is 0 Å². The molecule has 96 valence electrons. The Kier molecular flexibility index (Phi) is 5.00. The van der Waals surface area contributed by atoms with Gasteiger partial charge in [0.1, 0.15) is 6.26 Å². The predicted molar refractivity (Wildman–Crippen MR) is 65.0 cm³/mol. The van der Waals surface area contributed by atoms with Crippen molar-refractivity contribution < 1.29 is 13.9 Å². The van der Waals surface area contributed by atoms with E-state index in [0.29, 0.717) is 18.5 Å². The normalized spacial score (nSPS) is 14.1. The second-order valence-electron chi connectivity index (χ2n) is 4.08. The van der Waals surface area contributed by atoms with E-state index in [0.717, 1.165) is 6.42 Å². The maximum atomic E-state index is 11.4. The summed E-state index contributed by atoms with van der Waals surface area (Å²) < 4.78 is 10.0. The Bertz CT molecular complexity index is 362. The Hall–Kier alpha value is -1.52. The monoisotopic (exact) mass is 240 g/mol. The fraction of sp³-hybridized carbons (Fsp3) is 0.667. The third-order valence-corrected chi connectivity index (χ3v) is 2.84. The van der Waals surface area contributed by atoms with Gasteiger partial charge in [0.15, 0.2) is 5.69 Å². The molecule has 0 aliphatic rings. The molecule has 2 unspecified atom stereocenters. The number of hydrogen-bond acceptors (Lipinski definition) is 5. The lowest BCUT2D eigenvalue weighted by Crippen LogP contribution is -2.23. The maximum absolute atomic E-state index is 11.4. The molecule has 5 nitrogen and oxygen atoms in total. The molecule has 2 atom stereocenters. The number of carbonyl (C=O) groups is 1. The number of ether oxygens (including phenoxy) is 1. The van der Waals surface area contributed by atoms with Crippen molar-refractivity contribution in [3.63, 3.8) is 0 Å². The first-order chi connectivity index (χ1) is 8.08. The Morgan fingerprint density at radius 1 is 1.53 bits per heavy atom. The van der Waals surface area contributed by atoms with E-state index >= 15 is 0 Å². The van der Waals surface area contributed by atoms with Gasteiger partial charge in [-0.1, -0.05) is 20.3 Å². The Balaban J connectivity index is 2.59. The number of nitrogens with one attached hydrogen (secondary N) is 1. The molecule has 0 aliphatic heterocycles. The zero-order valence-corrected chi connectivity index (χ0v) is 10.8. The van der Waals surface area contributed by atoms with Gasteiger partial charge in [-0.05, 0) is 19.8 Å². The van der Waals surface area contributed by atoms with E-state index < -0.39 is 5.97 Å². The van der Waals surface area contributed by atoms with E-state index in [1.807, 2.05) is 0 Å². The zero-order valence-electron chi connectivity index (χ0n) is 10.8. The molecule has 0 radical (unpaired) electrons. The van der Waals surface area contributed by atoms with Crippen molar-refractivity contribution in [3.05, 3.63) is 12.0 Å². The van der Waals surface area contributed by atoms with Crippen LogP contribution in [0, 0.1) is 5.92 Å². The van der Waals surface area contributed by atoms with Crippen LogP contribution in [0.15, 0.2) is 10.7 Å². The number of hydrogen-bond donors (Lipinski definition) is 1. The van der Waals surface area contributed by atoms with Crippen molar-refractivity contribution >= 4 is 12.0 Å². The summed E-state index contributed by atoms with van der Waals surface area (Å²) in [6.07, 6.45) is 2.38. The fourth-order valence-electron chi connectivity index (χ4n) is 1.33. The van der Waals surface area contributed by atoms with Crippen LogP contribution in [-0.4, -0.2) is 23.6 Å². The van der Waals surface area contributed by atoms with Gasteiger partial charge in [0.2, 0.25) is 0 Å². The summed E-state index contributed by atoms with van der Waals surface area (Å²) in [5.41, 5.74) is 0.200. The van der Waals surface area contributed by atoms with Crippen LogP contribution in [0.3, 0.4) is 0 Å². The Morgan fingerprint density at radius 3 is 2.82 bits per heavy atom. The van der Waals surface area contributed by atoms with Crippen molar-refractivity contribution in [2.24, 2.45) is 5.92 Å². The van der Waals surface area contributed by atoms with Gasteiger partial charge >= 0.3 is 5.97 Å². The largest absolute Gasteiger partial charge is 0.461 e. The van der Waals surface area contributed by atoms with Gasteiger partial charge in [-0.25, -0.2) is 4.79 Å². The molecule has 0 aliphatic carbocycles. The van der Waals surface area contributed by atoms with E-state index in [9.17, 15) is 4.79 Å². The quantitative estimate of drug-likeness (QED) is 0.774. The highest BCUT2D eigenvalue weighted by atomic mass is 16.5. The number of esters is 1. The van der Waals surface area contributed by atoms with Gasteiger partial charge in [0.25, 0.3) is 6.01 Å². The topological polar surface area (TPSA) is 64.4 Å². The van der Waals surface area contributed by atoms with Gasteiger partial charge in [0.05, 0.1) is 6.61 Å². The number of carbonyl (C=O) groups excluding carboxylic acids is 1. The van der Waals surface area contributed by atoms with Crippen LogP contribution >= 0.6 is 0 Å². The molecular weight excluding hydrogens is 220 g/mol. The molecule has 0 fully saturated rings. The molecule has 0 spiro atoms. The van der Waals surface area contributed by atoms with Crippen LogP contribution in [0.5, 0.6) is 0 Å². The van der Waals surface area contributed by atoms with Gasteiger partial charge in [-0.3, -0.25) is 0 Å². The average molecular weight is 240 g/mol. The fourth-order valence-corrected chi connectivity index (χ4v) is 1.33. The first kappa shape index (κ1) is 13.5. The summed E-state index contributed by atoms with van der Waals surface area (Å²) in [4.78, 5) is 15.4. The van der Waals surface area contributed by atoms with Gasteiger partial charge in [-0.2, -0.15) is 4.98 Å². The Labute approximate surface area is 102 Å². The van der Waals surface area contributed by atoms with E-state index in [-0.39, 0.29) is 11.7 Å². The third-order valence-electron chi connectivity index (χ3n) is 2.84. The van der Waals surface area contributed by atoms with Crippen molar-refractivity contribution in [1.82, 2.24) is 4.98 Å². The molecule has 0 bridgehead atoms. The van der Waals surface area contributed by atoms with E-state index in [1.54, 1.807) is 6.92 Å².